The van der Waals surface area contributed by atoms with Crippen molar-refractivity contribution in [2.75, 3.05) is 13.1 Å². The predicted octanol–water partition coefficient (Wildman–Crippen LogP) is 2.64. The van der Waals surface area contributed by atoms with Gasteiger partial charge in [-0.3, -0.25) is 9.88 Å². The Hall–Kier alpha value is -1.19. The highest BCUT2D eigenvalue weighted by molar-refractivity contribution is 5.44. The van der Waals surface area contributed by atoms with Crippen molar-refractivity contribution >= 4 is 6.08 Å². The molecule has 3 nitrogen and oxygen atoms in total. The average molecular weight is 246 g/mol. The van der Waals surface area contributed by atoms with Gasteiger partial charge in [0.1, 0.15) is 0 Å². The lowest BCUT2D eigenvalue weighted by Crippen LogP contribution is -2.44. The van der Waals surface area contributed by atoms with E-state index in [0.29, 0.717) is 12.2 Å². The number of aromatic nitrogens is 1. The number of hydrogen-bond donors (Lipinski definition) is 0. The maximum absolute atomic E-state index is 5.75. The van der Waals surface area contributed by atoms with Crippen LogP contribution in [0.25, 0.3) is 6.08 Å². The third-order valence-electron chi connectivity index (χ3n) is 3.34. The largest absolute Gasteiger partial charge is 0.373 e. The first kappa shape index (κ1) is 13.2. The molecule has 1 aliphatic heterocycles. The number of aryl methyl sites for hydroxylation is 1. The smallest absolute Gasteiger partial charge is 0.0678 e. The van der Waals surface area contributed by atoms with Gasteiger partial charge in [0, 0.05) is 25.8 Å². The van der Waals surface area contributed by atoms with Crippen molar-refractivity contribution in [2.24, 2.45) is 0 Å². The van der Waals surface area contributed by atoms with Gasteiger partial charge in [0.05, 0.1) is 17.9 Å². The fourth-order valence-corrected chi connectivity index (χ4v) is 2.54. The molecular formula is C15H22N2O. The van der Waals surface area contributed by atoms with Crippen LogP contribution in [0, 0.1) is 6.92 Å². The molecule has 0 spiro atoms. The minimum absolute atomic E-state index is 0.314. The first-order valence-corrected chi connectivity index (χ1v) is 6.54. The molecule has 2 rings (SSSR count). The van der Waals surface area contributed by atoms with Gasteiger partial charge in [-0.15, -0.1) is 0 Å². The van der Waals surface area contributed by atoms with Gasteiger partial charge in [-0.05, 0) is 44.0 Å². The molecule has 0 saturated carbocycles. The summed E-state index contributed by atoms with van der Waals surface area (Å²) in [5, 5.41) is 0. The Bertz CT molecular complexity index is 421. The number of ether oxygens (including phenoxy) is 1. The van der Waals surface area contributed by atoms with Crippen LogP contribution in [-0.2, 0) is 11.3 Å². The molecular weight excluding hydrogens is 224 g/mol. The van der Waals surface area contributed by atoms with Crippen molar-refractivity contribution in [3.05, 3.63) is 35.7 Å². The van der Waals surface area contributed by atoms with E-state index in [0.717, 1.165) is 25.3 Å². The zero-order valence-corrected chi connectivity index (χ0v) is 11.5. The Morgan fingerprint density at radius 3 is 2.67 bits per heavy atom. The summed E-state index contributed by atoms with van der Waals surface area (Å²) in [5.41, 5.74) is 3.52. The summed E-state index contributed by atoms with van der Waals surface area (Å²) in [4.78, 5) is 6.83. The van der Waals surface area contributed by atoms with Crippen molar-refractivity contribution in [1.82, 2.24) is 9.88 Å². The molecule has 18 heavy (non-hydrogen) atoms. The molecule has 0 aliphatic carbocycles. The molecule has 0 unspecified atom stereocenters. The van der Waals surface area contributed by atoms with Crippen molar-refractivity contribution < 1.29 is 4.74 Å². The summed E-state index contributed by atoms with van der Waals surface area (Å²) in [6.45, 7) is 13.1. The van der Waals surface area contributed by atoms with Crippen LogP contribution < -0.4 is 0 Å². The van der Waals surface area contributed by atoms with Gasteiger partial charge in [0.25, 0.3) is 0 Å². The average Bonchev–Trinajstić information content (AvgIpc) is 2.30. The molecule has 0 amide bonds. The zero-order valence-electron chi connectivity index (χ0n) is 11.5. The van der Waals surface area contributed by atoms with Gasteiger partial charge >= 0.3 is 0 Å². The third kappa shape index (κ3) is 3.18. The Morgan fingerprint density at radius 2 is 2.11 bits per heavy atom. The van der Waals surface area contributed by atoms with E-state index in [4.69, 9.17) is 4.74 Å². The molecule has 1 aromatic rings. The predicted molar refractivity (Wildman–Crippen MR) is 74.4 cm³/mol. The minimum Gasteiger partial charge on any atom is -0.373 e. The molecule has 2 heterocycles. The fourth-order valence-electron chi connectivity index (χ4n) is 2.54. The second kappa shape index (κ2) is 5.63. The van der Waals surface area contributed by atoms with Crippen molar-refractivity contribution in [3.63, 3.8) is 0 Å². The van der Waals surface area contributed by atoms with Crippen LogP contribution in [0.3, 0.4) is 0 Å². The van der Waals surface area contributed by atoms with E-state index < -0.39 is 0 Å². The molecule has 0 N–H and O–H groups in total. The van der Waals surface area contributed by atoms with Gasteiger partial charge in [-0.25, -0.2) is 0 Å². The summed E-state index contributed by atoms with van der Waals surface area (Å²) in [5.74, 6) is 0. The van der Waals surface area contributed by atoms with Crippen LogP contribution in [-0.4, -0.2) is 35.2 Å². The summed E-state index contributed by atoms with van der Waals surface area (Å²) < 4.78 is 5.75. The van der Waals surface area contributed by atoms with E-state index in [2.05, 4.69) is 43.3 Å². The van der Waals surface area contributed by atoms with Crippen LogP contribution in [0.5, 0.6) is 0 Å². The van der Waals surface area contributed by atoms with E-state index in [1.54, 1.807) is 6.08 Å². The first-order chi connectivity index (χ1) is 8.58. The van der Waals surface area contributed by atoms with Crippen LogP contribution in [0.4, 0.5) is 0 Å². The standard InChI is InChI=1S/C15H22N2O/c1-5-15-6-11(2)14(7-16-15)10-17-8-12(3)18-13(4)9-17/h5-7,12-13H,1,8-10H2,2-4H3/t12-,13+. The lowest BCUT2D eigenvalue weighted by atomic mass is 10.1. The third-order valence-corrected chi connectivity index (χ3v) is 3.34. The summed E-state index contributed by atoms with van der Waals surface area (Å²) in [6, 6.07) is 2.09. The molecule has 2 atom stereocenters. The maximum atomic E-state index is 5.75. The Morgan fingerprint density at radius 1 is 1.44 bits per heavy atom. The van der Waals surface area contributed by atoms with E-state index >= 15 is 0 Å². The Labute approximate surface area is 109 Å². The van der Waals surface area contributed by atoms with E-state index in [9.17, 15) is 0 Å². The minimum atomic E-state index is 0.314. The maximum Gasteiger partial charge on any atom is 0.0678 e. The zero-order chi connectivity index (χ0) is 13.1. The second-order valence-electron chi connectivity index (χ2n) is 5.19. The monoisotopic (exact) mass is 246 g/mol. The number of pyridine rings is 1. The van der Waals surface area contributed by atoms with Gasteiger partial charge in [-0.2, -0.15) is 0 Å². The van der Waals surface area contributed by atoms with E-state index in [-0.39, 0.29) is 0 Å². The number of nitrogens with zero attached hydrogens (tertiary/aromatic N) is 2. The van der Waals surface area contributed by atoms with Crippen molar-refractivity contribution in [3.8, 4) is 0 Å². The number of morpholine rings is 1. The molecule has 0 aromatic carbocycles. The molecule has 1 saturated heterocycles. The summed E-state index contributed by atoms with van der Waals surface area (Å²) in [7, 11) is 0. The van der Waals surface area contributed by atoms with Gasteiger partial charge < -0.3 is 4.74 Å². The van der Waals surface area contributed by atoms with Crippen LogP contribution >= 0.6 is 0 Å². The number of hydrogen-bond acceptors (Lipinski definition) is 3. The normalized spacial score (nSPS) is 25.1. The topological polar surface area (TPSA) is 25.4 Å². The highest BCUT2D eigenvalue weighted by Crippen LogP contribution is 2.16. The Kier molecular flexibility index (Phi) is 4.15. The SMILES string of the molecule is C=Cc1cc(C)c(CN2C[C@@H](C)O[C@@H](C)C2)cn1. The van der Waals surface area contributed by atoms with Crippen LogP contribution in [0.15, 0.2) is 18.8 Å². The lowest BCUT2D eigenvalue weighted by Gasteiger charge is -2.35. The van der Waals surface area contributed by atoms with E-state index in [1.165, 1.54) is 11.1 Å². The quantitative estimate of drug-likeness (QED) is 0.820. The van der Waals surface area contributed by atoms with Crippen molar-refractivity contribution in [2.45, 2.75) is 39.5 Å². The van der Waals surface area contributed by atoms with Crippen LogP contribution in [0.2, 0.25) is 0 Å². The molecule has 98 valence electrons. The summed E-state index contributed by atoms with van der Waals surface area (Å²) in [6.07, 6.45) is 4.39. The molecule has 1 aliphatic rings. The molecule has 0 bridgehead atoms. The second-order valence-corrected chi connectivity index (χ2v) is 5.19. The van der Waals surface area contributed by atoms with Crippen LogP contribution in [0.1, 0.15) is 30.7 Å². The fraction of sp³-hybridized carbons (Fsp3) is 0.533. The number of rotatable bonds is 3. The molecule has 3 heteroatoms. The van der Waals surface area contributed by atoms with Gasteiger partial charge in [0.15, 0.2) is 0 Å². The first-order valence-electron chi connectivity index (χ1n) is 6.54. The highest BCUT2D eigenvalue weighted by atomic mass is 16.5. The van der Waals surface area contributed by atoms with Gasteiger partial charge in [-0.1, -0.05) is 6.58 Å². The highest BCUT2D eigenvalue weighted by Gasteiger charge is 2.22. The molecule has 0 radical (unpaired) electrons. The van der Waals surface area contributed by atoms with E-state index in [1.807, 2.05) is 6.20 Å². The Balaban J connectivity index is 2.06. The molecule has 1 fully saturated rings. The van der Waals surface area contributed by atoms with Gasteiger partial charge in [0.2, 0.25) is 0 Å². The van der Waals surface area contributed by atoms with Crippen molar-refractivity contribution in [1.29, 1.82) is 0 Å². The lowest BCUT2D eigenvalue weighted by molar-refractivity contribution is -0.0705. The summed E-state index contributed by atoms with van der Waals surface area (Å²) >= 11 is 0. The molecule has 1 aromatic heterocycles.